The predicted octanol–water partition coefficient (Wildman–Crippen LogP) is -0.229. The third-order valence-electron chi connectivity index (χ3n) is 1.09. The summed E-state index contributed by atoms with van der Waals surface area (Å²) in [6, 6.07) is -0.380. The largest absolute Gasteiger partial charge is 0.563 e. The fourth-order valence-corrected chi connectivity index (χ4v) is 1.45. The summed E-state index contributed by atoms with van der Waals surface area (Å²) in [4.78, 5) is 14.3. The minimum Gasteiger partial charge on any atom is -0.563 e. The summed E-state index contributed by atoms with van der Waals surface area (Å²) >= 11 is 1.54. The Morgan fingerprint density at radius 3 is 2.89 bits per heavy atom. The van der Waals surface area contributed by atoms with Crippen LogP contribution in [0, 0.1) is 0 Å². The van der Waals surface area contributed by atoms with E-state index in [-0.39, 0.29) is 6.04 Å². The first kappa shape index (κ1) is 6.61. The SMILES string of the molecule is CC1=NC(C(=O)[OH2+])CS1. The van der Waals surface area contributed by atoms with Crippen LogP contribution in [0.15, 0.2) is 4.99 Å². The molecule has 0 spiro atoms. The molecule has 0 saturated carbocycles. The molecule has 0 aliphatic carbocycles. The number of rotatable bonds is 1. The average Bonchev–Trinajstić information content (AvgIpc) is 2.14. The van der Waals surface area contributed by atoms with Crippen molar-refractivity contribution in [3.8, 4) is 0 Å². The van der Waals surface area contributed by atoms with Crippen molar-refractivity contribution in [1.82, 2.24) is 0 Å². The zero-order valence-electron chi connectivity index (χ0n) is 5.05. The van der Waals surface area contributed by atoms with E-state index in [1.807, 2.05) is 6.92 Å². The van der Waals surface area contributed by atoms with E-state index in [9.17, 15) is 4.79 Å². The zero-order valence-corrected chi connectivity index (χ0v) is 5.86. The summed E-state index contributed by atoms with van der Waals surface area (Å²) in [6.07, 6.45) is 0. The van der Waals surface area contributed by atoms with Crippen LogP contribution in [0.2, 0.25) is 0 Å². The highest BCUT2D eigenvalue weighted by Crippen LogP contribution is 2.16. The Kier molecular flexibility index (Phi) is 1.75. The number of carbonyl (C=O) groups excluding carboxylic acids is 1. The van der Waals surface area contributed by atoms with Gasteiger partial charge in [-0.3, -0.25) is 4.99 Å². The molecule has 1 aliphatic heterocycles. The Bertz CT molecular complexity index is 166. The molecule has 1 aliphatic rings. The van der Waals surface area contributed by atoms with Crippen LogP contribution in [-0.4, -0.2) is 27.9 Å². The molecule has 0 fully saturated rings. The third-order valence-corrected chi connectivity index (χ3v) is 2.10. The number of aliphatic imine (C=N–C) groups is 1. The lowest BCUT2D eigenvalue weighted by Gasteiger charge is -1.87. The number of thioether (sulfide) groups is 1. The van der Waals surface area contributed by atoms with Gasteiger partial charge in [0.1, 0.15) is 0 Å². The van der Waals surface area contributed by atoms with E-state index >= 15 is 0 Å². The van der Waals surface area contributed by atoms with Crippen molar-refractivity contribution in [3.05, 3.63) is 0 Å². The van der Waals surface area contributed by atoms with Gasteiger partial charge in [0.25, 0.3) is 0 Å². The molecule has 0 amide bonds. The van der Waals surface area contributed by atoms with Crippen LogP contribution >= 0.6 is 11.8 Å². The highest BCUT2D eigenvalue weighted by atomic mass is 32.2. The minimum absolute atomic E-state index is 0.380. The molecule has 1 heterocycles. The molecule has 1 atom stereocenters. The molecular formula is C5H8NO2S+. The number of hydrogen-bond donors (Lipinski definition) is 0. The van der Waals surface area contributed by atoms with Crippen molar-refractivity contribution in [2.24, 2.45) is 4.99 Å². The van der Waals surface area contributed by atoms with E-state index in [1.54, 1.807) is 11.8 Å². The summed E-state index contributed by atoms with van der Waals surface area (Å²) in [5.41, 5.74) is 0. The van der Waals surface area contributed by atoms with Gasteiger partial charge in [-0.25, -0.2) is 0 Å². The van der Waals surface area contributed by atoms with Crippen molar-refractivity contribution in [2.45, 2.75) is 13.0 Å². The van der Waals surface area contributed by atoms with Gasteiger partial charge in [0, 0.05) is 10.5 Å². The summed E-state index contributed by atoms with van der Waals surface area (Å²) < 4.78 is 0. The molecule has 0 radical (unpaired) electrons. The molecule has 0 bridgehead atoms. The second-order valence-electron chi connectivity index (χ2n) is 1.84. The van der Waals surface area contributed by atoms with E-state index in [4.69, 9.17) is 5.11 Å². The number of nitrogens with zero attached hydrogens (tertiary/aromatic N) is 1. The van der Waals surface area contributed by atoms with Gasteiger partial charge in [-0.15, -0.1) is 11.8 Å². The molecule has 50 valence electrons. The van der Waals surface area contributed by atoms with Crippen LogP contribution < -0.4 is 0 Å². The smallest absolute Gasteiger partial charge is 0.541 e. The lowest BCUT2D eigenvalue weighted by molar-refractivity contribution is -0.137. The zero-order chi connectivity index (χ0) is 6.85. The Hall–Kier alpha value is -0.510. The summed E-state index contributed by atoms with van der Waals surface area (Å²) in [5.74, 6) is 0.0908. The highest BCUT2D eigenvalue weighted by molar-refractivity contribution is 8.14. The standard InChI is InChI=1S/C5H7NO2S/c1-3-6-4(2-9-3)5(7)8/h4H,2H2,1H3,(H,7,8)/p+1. The lowest BCUT2D eigenvalue weighted by Crippen LogP contribution is -2.16. The van der Waals surface area contributed by atoms with Crippen LogP contribution in [-0.2, 0) is 4.79 Å². The second-order valence-corrected chi connectivity index (χ2v) is 3.05. The van der Waals surface area contributed by atoms with E-state index < -0.39 is 5.97 Å². The van der Waals surface area contributed by atoms with Crippen molar-refractivity contribution < 1.29 is 9.90 Å². The van der Waals surface area contributed by atoms with E-state index in [0.717, 1.165) is 5.04 Å². The van der Waals surface area contributed by atoms with Crippen LogP contribution in [0.4, 0.5) is 0 Å². The van der Waals surface area contributed by atoms with Crippen LogP contribution in [0.3, 0.4) is 0 Å². The molecule has 4 heteroatoms. The van der Waals surface area contributed by atoms with Gasteiger partial charge in [-0.05, 0) is 6.92 Å². The minimum atomic E-state index is -0.570. The van der Waals surface area contributed by atoms with E-state index in [2.05, 4.69) is 4.99 Å². The second kappa shape index (κ2) is 2.39. The first-order chi connectivity index (χ1) is 4.20. The van der Waals surface area contributed by atoms with Crippen LogP contribution in [0.5, 0.6) is 0 Å². The maximum atomic E-state index is 10.3. The van der Waals surface area contributed by atoms with Gasteiger partial charge in [0.2, 0.25) is 6.04 Å². The first-order valence-electron chi connectivity index (χ1n) is 2.63. The fraction of sp³-hybridized carbons (Fsp3) is 0.600. The molecular weight excluding hydrogens is 138 g/mol. The van der Waals surface area contributed by atoms with Gasteiger partial charge in [-0.2, -0.15) is 0 Å². The van der Waals surface area contributed by atoms with Gasteiger partial charge >= 0.3 is 5.97 Å². The molecule has 1 rings (SSSR count). The van der Waals surface area contributed by atoms with Gasteiger partial charge in [-0.1, -0.05) is 0 Å². The fourth-order valence-electron chi connectivity index (χ4n) is 0.628. The number of hydrogen-bond acceptors (Lipinski definition) is 3. The van der Waals surface area contributed by atoms with Gasteiger partial charge in [0.05, 0.1) is 5.04 Å². The van der Waals surface area contributed by atoms with Crippen molar-refractivity contribution in [1.29, 1.82) is 0 Å². The number of carbonyl (C=O) groups is 1. The molecule has 0 saturated heterocycles. The highest BCUT2D eigenvalue weighted by Gasteiger charge is 2.28. The quantitative estimate of drug-likeness (QED) is 0.480. The first-order valence-corrected chi connectivity index (χ1v) is 3.61. The molecule has 2 N–H and O–H groups in total. The normalized spacial score (nSPS) is 25.9. The molecule has 0 aromatic heterocycles. The van der Waals surface area contributed by atoms with Crippen molar-refractivity contribution >= 4 is 22.8 Å². The Morgan fingerprint density at radius 2 is 2.67 bits per heavy atom. The molecule has 3 nitrogen and oxygen atoms in total. The maximum absolute atomic E-state index is 10.3. The molecule has 1 unspecified atom stereocenters. The van der Waals surface area contributed by atoms with Gasteiger partial charge in [0.15, 0.2) is 0 Å². The Balaban J connectivity index is 2.57. The molecule has 0 aromatic rings. The Morgan fingerprint density at radius 1 is 2.00 bits per heavy atom. The van der Waals surface area contributed by atoms with E-state index in [1.165, 1.54) is 0 Å². The monoisotopic (exact) mass is 146 g/mol. The van der Waals surface area contributed by atoms with Crippen molar-refractivity contribution in [2.75, 3.05) is 5.75 Å². The average molecular weight is 146 g/mol. The van der Waals surface area contributed by atoms with Crippen LogP contribution in [0.1, 0.15) is 6.92 Å². The summed E-state index contributed by atoms with van der Waals surface area (Å²) in [5, 5.41) is 7.62. The lowest BCUT2D eigenvalue weighted by atomic mass is 10.4. The molecule has 0 aromatic carbocycles. The van der Waals surface area contributed by atoms with Crippen LogP contribution in [0.25, 0.3) is 0 Å². The Labute approximate surface area is 57.2 Å². The summed E-state index contributed by atoms with van der Waals surface area (Å²) in [6.45, 7) is 1.85. The maximum Gasteiger partial charge on any atom is 0.541 e. The van der Waals surface area contributed by atoms with Gasteiger partial charge < -0.3 is 5.11 Å². The van der Waals surface area contributed by atoms with Crippen molar-refractivity contribution in [3.63, 3.8) is 0 Å². The third kappa shape index (κ3) is 1.45. The van der Waals surface area contributed by atoms with E-state index in [0.29, 0.717) is 5.75 Å². The molecule has 9 heavy (non-hydrogen) atoms. The summed E-state index contributed by atoms with van der Waals surface area (Å²) in [7, 11) is 0. The predicted molar refractivity (Wildman–Crippen MR) is 38.0 cm³/mol. The topological polar surface area (TPSA) is 52.3 Å².